The number of nitrogens with one attached hydrogen (secondary N) is 1. The van der Waals surface area contributed by atoms with Crippen molar-refractivity contribution in [3.63, 3.8) is 0 Å². The van der Waals surface area contributed by atoms with Gasteiger partial charge in [0.05, 0.1) is 11.3 Å². The first-order chi connectivity index (χ1) is 16.0. The lowest BCUT2D eigenvalue weighted by molar-refractivity contribution is 0.0964. The predicted molar refractivity (Wildman–Crippen MR) is 132 cm³/mol. The number of nitrogens with zero attached hydrogens (tertiary/aromatic N) is 1. The number of halogens is 1. The van der Waals surface area contributed by atoms with Gasteiger partial charge in [0.1, 0.15) is 23.4 Å². The smallest absolute Gasteiger partial charge is 0.255 e. The van der Waals surface area contributed by atoms with E-state index in [0.29, 0.717) is 33.4 Å². The molecule has 3 aromatic carbocycles. The molecule has 4 rings (SSSR count). The fourth-order valence-corrected chi connectivity index (χ4v) is 4.51. The summed E-state index contributed by atoms with van der Waals surface area (Å²) in [6, 6.07) is 17.0. The number of benzene rings is 3. The molecule has 0 saturated heterocycles. The number of hydrogen-bond donors (Lipinski definition) is 1. The van der Waals surface area contributed by atoms with E-state index in [1.165, 1.54) is 12.1 Å². The van der Waals surface area contributed by atoms with Gasteiger partial charge in [0.25, 0.3) is 5.91 Å². The van der Waals surface area contributed by atoms with Crippen molar-refractivity contribution in [3.05, 3.63) is 77.6 Å². The Hall–Kier alpha value is -3.58. The lowest BCUT2D eigenvalue weighted by Gasteiger charge is -2.23. The average Bonchev–Trinajstić information content (AvgIpc) is 3.22. The Labute approximate surface area is 195 Å². The maximum absolute atomic E-state index is 13.5. The van der Waals surface area contributed by atoms with Gasteiger partial charge in [-0.25, -0.2) is 4.39 Å². The highest BCUT2D eigenvalue weighted by atomic mass is 32.2. The Balaban J connectivity index is 2.05. The number of rotatable bonds is 7. The van der Waals surface area contributed by atoms with E-state index < -0.39 is 0 Å². The predicted octanol–water partition coefficient (Wildman–Crippen LogP) is 6.18. The van der Waals surface area contributed by atoms with Crippen LogP contribution in [0.3, 0.4) is 0 Å². The minimum absolute atomic E-state index is 0.300. The fraction of sp³-hybridized carbons (Fsp3) is 0.154. The van der Waals surface area contributed by atoms with Crippen molar-refractivity contribution in [1.29, 1.82) is 0 Å². The maximum Gasteiger partial charge on any atom is 0.255 e. The van der Waals surface area contributed by atoms with Crippen LogP contribution in [0.5, 0.6) is 0 Å². The minimum Gasteiger partial charge on any atom is -0.455 e. The highest BCUT2D eigenvalue weighted by Crippen LogP contribution is 2.42. The van der Waals surface area contributed by atoms with Gasteiger partial charge >= 0.3 is 0 Å². The second-order valence-corrected chi connectivity index (χ2v) is 8.18. The summed E-state index contributed by atoms with van der Waals surface area (Å²) in [6.45, 7) is 2.79. The monoisotopic (exact) mass is 462 g/mol. The molecule has 1 N–H and O–H groups in total. The van der Waals surface area contributed by atoms with Crippen LogP contribution >= 0.6 is 11.9 Å². The number of amides is 1. The topological polar surface area (TPSA) is 62.6 Å². The molecule has 0 fully saturated rings. The summed E-state index contributed by atoms with van der Waals surface area (Å²) >= 11 is 1.57. The fourth-order valence-electron chi connectivity index (χ4n) is 3.90. The highest BCUT2D eigenvalue weighted by Gasteiger charge is 2.24. The van der Waals surface area contributed by atoms with Gasteiger partial charge in [-0.1, -0.05) is 30.1 Å². The van der Waals surface area contributed by atoms with Gasteiger partial charge < -0.3 is 14.0 Å². The number of hydrogen-bond acceptors (Lipinski definition) is 5. The molecule has 4 aromatic rings. The first-order valence-corrected chi connectivity index (χ1v) is 11.6. The third kappa shape index (κ3) is 4.24. The Morgan fingerprint density at radius 1 is 1.12 bits per heavy atom. The summed E-state index contributed by atoms with van der Waals surface area (Å²) in [4.78, 5) is 24.3. The SMILES string of the molecule is CCN(SC)c1cc2oc(-c3ccc(F)cc3)c(C(=O)NC)c2cc1-c1cccc(C=O)c1. The zero-order valence-electron chi connectivity index (χ0n) is 18.5. The molecular weight excluding hydrogens is 439 g/mol. The van der Waals surface area contributed by atoms with Crippen LogP contribution in [-0.2, 0) is 0 Å². The molecule has 7 heteroatoms. The van der Waals surface area contributed by atoms with Crippen molar-refractivity contribution in [2.24, 2.45) is 0 Å². The molecule has 33 heavy (non-hydrogen) atoms. The number of carbonyl (C=O) groups excluding carboxylic acids is 2. The molecule has 1 amide bonds. The number of furan rings is 1. The molecule has 1 heterocycles. The number of fused-ring (bicyclic) bond motifs is 1. The molecule has 0 saturated carbocycles. The molecule has 0 aliphatic rings. The van der Waals surface area contributed by atoms with Gasteiger partial charge in [-0.2, -0.15) is 0 Å². The van der Waals surface area contributed by atoms with E-state index in [9.17, 15) is 14.0 Å². The van der Waals surface area contributed by atoms with Gasteiger partial charge in [0.15, 0.2) is 0 Å². The summed E-state index contributed by atoms with van der Waals surface area (Å²) in [6.07, 6.45) is 2.80. The van der Waals surface area contributed by atoms with E-state index >= 15 is 0 Å². The lowest BCUT2D eigenvalue weighted by atomic mass is 9.97. The van der Waals surface area contributed by atoms with E-state index in [2.05, 4.69) is 9.62 Å². The Morgan fingerprint density at radius 2 is 1.88 bits per heavy atom. The molecule has 0 aliphatic heterocycles. The Bertz CT molecular complexity index is 1330. The Morgan fingerprint density at radius 3 is 2.52 bits per heavy atom. The van der Waals surface area contributed by atoms with Gasteiger partial charge in [-0.3, -0.25) is 9.59 Å². The molecule has 0 atom stereocenters. The van der Waals surface area contributed by atoms with Gasteiger partial charge in [0, 0.05) is 48.0 Å². The summed E-state index contributed by atoms with van der Waals surface area (Å²) < 4.78 is 21.8. The third-order valence-electron chi connectivity index (χ3n) is 5.48. The first kappa shape index (κ1) is 22.6. The summed E-state index contributed by atoms with van der Waals surface area (Å²) in [5, 5.41) is 3.32. The number of anilines is 1. The zero-order chi connectivity index (χ0) is 23.5. The van der Waals surface area contributed by atoms with E-state index in [1.54, 1.807) is 37.2 Å². The molecule has 0 spiro atoms. The third-order valence-corrected chi connectivity index (χ3v) is 6.37. The van der Waals surface area contributed by atoms with Crippen LogP contribution in [-0.4, -0.2) is 32.0 Å². The number of carbonyl (C=O) groups is 2. The van der Waals surface area contributed by atoms with Crippen LogP contribution < -0.4 is 9.62 Å². The van der Waals surface area contributed by atoms with Gasteiger partial charge in [0.2, 0.25) is 0 Å². The quantitative estimate of drug-likeness (QED) is 0.262. The summed E-state index contributed by atoms with van der Waals surface area (Å²) in [5.41, 5.74) is 4.74. The molecule has 0 bridgehead atoms. The van der Waals surface area contributed by atoms with E-state index in [-0.39, 0.29) is 11.7 Å². The minimum atomic E-state index is -0.366. The summed E-state index contributed by atoms with van der Waals surface area (Å²) in [7, 11) is 1.56. The molecule has 0 aliphatic carbocycles. The van der Waals surface area contributed by atoms with Gasteiger partial charge in [-0.15, -0.1) is 0 Å². The second-order valence-electron chi connectivity index (χ2n) is 7.38. The second kappa shape index (κ2) is 9.50. The van der Waals surface area contributed by atoms with Crippen LogP contribution in [0.1, 0.15) is 27.6 Å². The van der Waals surface area contributed by atoms with E-state index in [4.69, 9.17) is 4.42 Å². The van der Waals surface area contributed by atoms with Gasteiger partial charge in [-0.05, 0) is 48.9 Å². The van der Waals surface area contributed by atoms with Crippen molar-refractivity contribution < 1.29 is 18.4 Å². The molecule has 168 valence electrons. The molecule has 0 radical (unpaired) electrons. The lowest BCUT2D eigenvalue weighted by Crippen LogP contribution is -2.18. The molecule has 1 aromatic heterocycles. The zero-order valence-corrected chi connectivity index (χ0v) is 19.3. The first-order valence-electron chi connectivity index (χ1n) is 10.5. The number of aldehydes is 1. The maximum atomic E-state index is 13.5. The van der Waals surface area contributed by atoms with Crippen molar-refractivity contribution in [2.45, 2.75) is 6.92 Å². The molecule has 0 unspecified atom stereocenters. The van der Waals surface area contributed by atoms with Crippen LogP contribution in [0.4, 0.5) is 10.1 Å². The van der Waals surface area contributed by atoms with Crippen molar-refractivity contribution >= 4 is 40.8 Å². The Kier molecular flexibility index (Phi) is 6.51. The molecule has 5 nitrogen and oxygen atoms in total. The highest BCUT2D eigenvalue weighted by molar-refractivity contribution is 8.00. The van der Waals surface area contributed by atoms with Crippen LogP contribution in [0.2, 0.25) is 0 Å². The summed E-state index contributed by atoms with van der Waals surface area (Å²) in [5.74, 6) is -0.290. The van der Waals surface area contributed by atoms with E-state index in [0.717, 1.165) is 29.6 Å². The molecular formula is C26H23FN2O3S. The van der Waals surface area contributed by atoms with Crippen LogP contribution in [0, 0.1) is 5.82 Å². The normalized spacial score (nSPS) is 10.9. The standard InChI is InChI=1S/C26H23FN2O3S/c1-4-29(33-3)22-14-23-21(13-20(22)18-7-5-6-16(12-18)15-30)24(26(31)28-2)25(32-23)17-8-10-19(27)11-9-17/h5-15H,4H2,1-3H3,(H,28,31). The van der Waals surface area contributed by atoms with E-state index in [1.807, 2.05) is 43.5 Å². The van der Waals surface area contributed by atoms with Crippen molar-refractivity contribution in [2.75, 3.05) is 24.2 Å². The van der Waals surface area contributed by atoms with Crippen molar-refractivity contribution in [1.82, 2.24) is 5.32 Å². The van der Waals surface area contributed by atoms with Crippen LogP contribution in [0.25, 0.3) is 33.4 Å². The van der Waals surface area contributed by atoms with Crippen LogP contribution in [0.15, 0.2) is 65.1 Å². The average molecular weight is 463 g/mol. The largest absolute Gasteiger partial charge is 0.455 e. The van der Waals surface area contributed by atoms with Crippen molar-refractivity contribution in [3.8, 4) is 22.5 Å².